The second kappa shape index (κ2) is 401. The van der Waals surface area contributed by atoms with Gasteiger partial charge < -0.3 is 10.6 Å². The molecule has 2 heteroatoms. The van der Waals surface area contributed by atoms with Crippen LogP contribution in [0.3, 0.4) is 0 Å². The molecule has 0 aliphatic rings. The van der Waals surface area contributed by atoms with Crippen LogP contribution in [0.15, 0.2) is 52.6 Å². The minimum absolute atomic E-state index is 0. The fraction of sp³-hybridized carbons (Fsp3) is 0.579. The zero-order valence-corrected chi connectivity index (χ0v) is 12.8. The predicted molar refractivity (Wildman–Crippen MR) is 116 cm³/mol. The molecule has 2 N–H and O–H groups in total. The monoisotopic (exact) mass is 308 g/mol. The van der Waals surface area contributed by atoms with Crippen molar-refractivity contribution in [3.63, 3.8) is 0 Å². The summed E-state index contributed by atoms with van der Waals surface area (Å²) in [6.45, 7) is 33.5. The van der Waals surface area contributed by atoms with Crippen molar-refractivity contribution < 1.29 is 0 Å². The number of hydrogen-bond donors (Lipinski definition) is 2. The summed E-state index contributed by atoms with van der Waals surface area (Å²) in [7, 11) is 1.93. The van der Waals surface area contributed by atoms with E-state index in [1.807, 2.05) is 7.05 Å². The van der Waals surface area contributed by atoms with Crippen molar-refractivity contribution in [2.75, 3.05) is 26.7 Å². The molecule has 0 unspecified atom stereocenters. The second-order valence-electron chi connectivity index (χ2n) is 1.66. The van der Waals surface area contributed by atoms with Crippen LogP contribution in [0.4, 0.5) is 0 Å². The maximum absolute atomic E-state index is 3.11. The van der Waals surface area contributed by atoms with E-state index in [0.29, 0.717) is 0 Å². The third-order valence-corrected chi connectivity index (χ3v) is 0.854. The highest BCUT2D eigenvalue weighted by atomic mass is 14.8. The van der Waals surface area contributed by atoms with Crippen LogP contribution < -0.4 is 10.6 Å². The average Bonchev–Trinajstić information content (AvgIpc) is 2.48. The molecule has 0 aromatic heterocycles. The first-order valence-corrected chi connectivity index (χ1v) is 5.68. The highest BCUT2D eigenvalue weighted by Crippen LogP contribution is 1.47. The minimum Gasteiger partial charge on any atom is -0.320 e. The zero-order chi connectivity index (χ0) is 15.5. The lowest BCUT2D eigenvalue weighted by Crippen LogP contribution is -2.09. The summed E-state index contributed by atoms with van der Waals surface area (Å²) in [4.78, 5) is 0. The van der Waals surface area contributed by atoms with Crippen molar-refractivity contribution in [1.82, 2.24) is 10.6 Å². The molecule has 0 spiro atoms. The molecule has 0 aromatic rings. The standard InChI is InChI=1S/C4H11N.C3H9N.4C2H4.4CH4/c1-3-5-4-2;1-3-4-2;4*1-2;;;;/h5H,3-4H2,1-2H3;4H,3H2,1-2H3;4*1-2H2;4*1H4. The van der Waals surface area contributed by atoms with Gasteiger partial charge in [-0.15, -0.1) is 52.6 Å². The summed E-state index contributed by atoms with van der Waals surface area (Å²) in [5, 5.41) is 6.04. The summed E-state index contributed by atoms with van der Waals surface area (Å²) in [5.74, 6) is 0. The largest absolute Gasteiger partial charge is 0.320 e. The SMILES string of the molecule is C.C.C.C.C=C.C=C.C=C.C=C.CCNC.CCNCC. The molecule has 0 saturated heterocycles. The van der Waals surface area contributed by atoms with Crippen LogP contribution in [0.2, 0.25) is 0 Å². The third-order valence-electron chi connectivity index (χ3n) is 0.854. The maximum atomic E-state index is 3.11. The summed E-state index contributed by atoms with van der Waals surface area (Å²) < 4.78 is 0. The van der Waals surface area contributed by atoms with Gasteiger partial charge in [0.05, 0.1) is 0 Å². The number of hydrogen-bond acceptors (Lipinski definition) is 2. The number of rotatable bonds is 3. The van der Waals surface area contributed by atoms with E-state index in [1.165, 1.54) is 0 Å². The molecule has 0 amide bonds. The molecule has 0 atom stereocenters. The van der Waals surface area contributed by atoms with Gasteiger partial charge in [-0.05, 0) is 26.7 Å². The van der Waals surface area contributed by atoms with E-state index in [9.17, 15) is 0 Å². The molecule has 138 valence electrons. The average molecular weight is 309 g/mol. The molecule has 0 rings (SSSR count). The molecule has 2 nitrogen and oxygen atoms in total. The first-order chi connectivity index (χ1) is 8.33. The van der Waals surface area contributed by atoms with E-state index in [0.717, 1.165) is 19.6 Å². The van der Waals surface area contributed by atoms with Gasteiger partial charge in [-0.1, -0.05) is 50.5 Å². The van der Waals surface area contributed by atoms with Crippen molar-refractivity contribution >= 4 is 0 Å². The lowest BCUT2D eigenvalue weighted by Gasteiger charge is -1.86. The normalized spacial score (nSPS) is 4.19. The van der Waals surface area contributed by atoms with Gasteiger partial charge in [0.15, 0.2) is 0 Å². The van der Waals surface area contributed by atoms with Crippen molar-refractivity contribution in [1.29, 1.82) is 0 Å². The van der Waals surface area contributed by atoms with E-state index in [2.05, 4.69) is 84.0 Å². The fourth-order valence-electron chi connectivity index (χ4n) is 0.250. The van der Waals surface area contributed by atoms with E-state index in [-0.39, 0.29) is 29.7 Å². The number of nitrogens with one attached hydrogen (secondary N) is 2. The van der Waals surface area contributed by atoms with Gasteiger partial charge >= 0.3 is 0 Å². The highest BCUT2D eigenvalue weighted by molar-refractivity contribution is 4.27. The van der Waals surface area contributed by atoms with Crippen LogP contribution in [-0.2, 0) is 0 Å². The van der Waals surface area contributed by atoms with E-state index in [1.54, 1.807) is 0 Å². The molecular formula is C19H52N2. The summed E-state index contributed by atoms with van der Waals surface area (Å²) in [6, 6.07) is 0. The van der Waals surface area contributed by atoms with Crippen molar-refractivity contribution in [3.05, 3.63) is 52.6 Å². The lowest BCUT2D eigenvalue weighted by molar-refractivity contribution is 0.762. The Hall–Kier alpha value is -1.12. The maximum Gasteiger partial charge on any atom is -0.00775 e. The van der Waals surface area contributed by atoms with Gasteiger partial charge in [-0.2, -0.15) is 0 Å². The Bertz CT molecular complexity index is 54.6. The quantitative estimate of drug-likeness (QED) is 0.574. The van der Waals surface area contributed by atoms with Crippen molar-refractivity contribution in [3.8, 4) is 0 Å². The Morgan fingerprint density at radius 1 is 0.524 bits per heavy atom. The second-order valence-corrected chi connectivity index (χ2v) is 1.66. The van der Waals surface area contributed by atoms with Crippen molar-refractivity contribution in [2.45, 2.75) is 50.5 Å². The molecule has 0 heterocycles. The van der Waals surface area contributed by atoms with Gasteiger partial charge in [0.2, 0.25) is 0 Å². The molecule has 21 heavy (non-hydrogen) atoms. The topological polar surface area (TPSA) is 24.1 Å². The molecule has 0 saturated carbocycles. The van der Waals surface area contributed by atoms with Crippen LogP contribution in [0.1, 0.15) is 50.5 Å². The summed E-state index contributed by atoms with van der Waals surface area (Å²) in [6.07, 6.45) is 0. The summed E-state index contributed by atoms with van der Waals surface area (Å²) >= 11 is 0. The highest BCUT2D eigenvalue weighted by Gasteiger charge is 1.62. The Morgan fingerprint density at radius 3 is 0.667 bits per heavy atom. The molecule has 0 bridgehead atoms. The molecular weight excluding hydrogens is 256 g/mol. The third kappa shape index (κ3) is 1520. The van der Waals surface area contributed by atoms with Gasteiger partial charge in [0.25, 0.3) is 0 Å². The smallest absolute Gasteiger partial charge is 0.00775 e. The van der Waals surface area contributed by atoms with Crippen LogP contribution in [0, 0.1) is 0 Å². The predicted octanol–water partition coefficient (Wildman–Crippen LogP) is 6.59. The Kier molecular flexibility index (Phi) is 1390. The van der Waals surface area contributed by atoms with Crippen LogP contribution in [0.5, 0.6) is 0 Å². The molecule has 0 radical (unpaired) electrons. The van der Waals surface area contributed by atoms with E-state index >= 15 is 0 Å². The lowest BCUT2D eigenvalue weighted by atomic mass is 10.7. The van der Waals surface area contributed by atoms with E-state index < -0.39 is 0 Å². The molecule has 0 aliphatic carbocycles. The Labute approximate surface area is 141 Å². The molecule has 0 aliphatic heterocycles. The van der Waals surface area contributed by atoms with E-state index in [4.69, 9.17) is 0 Å². The Balaban J connectivity index is -0.00000000876. The molecule has 0 fully saturated rings. The van der Waals surface area contributed by atoms with Crippen LogP contribution >= 0.6 is 0 Å². The first-order valence-electron chi connectivity index (χ1n) is 5.68. The Morgan fingerprint density at radius 2 is 0.667 bits per heavy atom. The van der Waals surface area contributed by atoms with Gasteiger partial charge in [0.1, 0.15) is 0 Å². The van der Waals surface area contributed by atoms with Crippen molar-refractivity contribution in [2.24, 2.45) is 0 Å². The molecule has 0 aromatic carbocycles. The fourth-order valence-corrected chi connectivity index (χ4v) is 0.250. The van der Waals surface area contributed by atoms with Gasteiger partial charge in [-0.3, -0.25) is 0 Å². The first kappa shape index (κ1) is 72.6. The minimum atomic E-state index is 0. The van der Waals surface area contributed by atoms with Crippen LogP contribution in [0.25, 0.3) is 0 Å². The zero-order valence-electron chi connectivity index (χ0n) is 12.8. The van der Waals surface area contributed by atoms with Crippen LogP contribution in [-0.4, -0.2) is 26.7 Å². The van der Waals surface area contributed by atoms with Gasteiger partial charge in [-0.25, -0.2) is 0 Å². The summed E-state index contributed by atoms with van der Waals surface area (Å²) in [5.41, 5.74) is 0. The van der Waals surface area contributed by atoms with Gasteiger partial charge in [0, 0.05) is 0 Å².